The Bertz CT molecular complexity index is 1240. The van der Waals surface area contributed by atoms with Crippen molar-refractivity contribution in [2.45, 2.75) is 32.3 Å². The number of amides is 1. The van der Waals surface area contributed by atoms with E-state index in [1.54, 1.807) is 24.3 Å². The van der Waals surface area contributed by atoms with E-state index in [2.05, 4.69) is 20.2 Å². The number of halogens is 3. The lowest BCUT2D eigenvalue weighted by Crippen LogP contribution is -2.28. The zero-order valence-electron chi connectivity index (χ0n) is 19.9. The fourth-order valence-corrected chi connectivity index (χ4v) is 4.53. The molecule has 0 bridgehead atoms. The number of hydrogen-bond donors (Lipinski definition) is 2. The molecular weight excluding hydrogens is 488 g/mol. The minimum absolute atomic E-state index is 0.0446. The van der Waals surface area contributed by atoms with Crippen LogP contribution >= 0.6 is 11.6 Å². The Kier molecular flexibility index (Phi) is 8.32. The van der Waals surface area contributed by atoms with E-state index in [9.17, 15) is 13.6 Å². The van der Waals surface area contributed by atoms with Crippen molar-refractivity contribution in [2.24, 2.45) is 0 Å². The van der Waals surface area contributed by atoms with Gasteiger partial charge in [-0.3, -0.25) is 4.79 Å². The predicted octanol–water partition coefficient (Wildman–Crippen LogP) is 5.01. The topological polar surface area (TPSA) is 93.4 Å². The highest BCUT2D eigenvalue weighted by Gasteiger charge is 2.21. The highest BCUT2D eigenvalue weighted by molar-refractivity contribution is 6.31. The maximum atomic E-state index is 14.3. The Morgan fingerprint density at radius 1 is 1.22 bits per heavy atom. The molecule has 3 N–H and O–H groups in total. The Labute approximate surface area is 213 Å². The molecule has 2 aromatic carbocycles. The number of benzene rings is 2. The van der Waals surface area contributed by atoms with Crippen molar-refractivity contribution in [1.82, 2.24) is 20.2 Å². The number of nitrogens with one attached hydrogen (secondary N) is 1. The van der Waals surface area contributed by atoms with Gasteiger partial charge in [-0.05, 0) is 70.1 Å². The van der Waals surface area contributed by atoms with Crippen LogP contribution in [0.15, 0.2) is 42.6 Å². The van der Waals surface area contributed by atoms with Crippen molar-refractivity contribution in [3.8, 4) is 17.1 Å². The minimum Gasteiger partial charge on any atom is -0.468 e. The predicted molar refractivity (Wildman–Crippen MR) is 135 cm³/mol. The lowest BCUT2D eigenvalue weighted by Gasteiger charge is -2.17. The number of ether oxygens (including phenoxy) is 1. The van der Waals surface area contributed by atoms with Gasteiger partial charge in [0.1, 0.15) is 29.3 Å². The number of nitrogen functional groups attached to an aromatic ring is 1. The first-order chi connectivity index (χ1) is 17.3. The van der Waals surface area contributed by atoms with E-state index in [0.29, 0.717) is 23.4 Å². The molecule has 1 unspecified atom stereocenters. The largest absolute Gasteiger partial charge is 0.468 e. The molecule has 10 heteroatoms. The first-order valence-electron chi connectivity index (χ1n) is 11.9. The van der Waals surface area contributed by atoms with Gasteiger partial charge in [0.15, 0.2) is 0 Å². The molecule has 7 nitrogen and oxygen atoms in total. The van der Waals surface area contributed by atoms with Gasteiger partial charge in [0.2, 0.25) is 5.88 Å². The molecular formula is C26H28ClF2N5O2. The molecule has 1 atom stereocenters. The molecule has 0 aliphatic carbocycles. The summed E-state index contributed by atoms with van der Waals surface area (Å²) in [5.41, 5.74) is 7.25. The van der Waals surface area contributed by atoms with Crippen LogP contribution in [0.1, 0.15) is 48.2 Å². The zero-order valence-corrected chi connectivity index (χ0v) is 20.7. The third-order valence-corrected chi connectivity index (χ3v) is 6.48. The Morgan fingerprint density at radius 3 is 2.75 bits per heavy atom. The fraction of sp³-hybridized carbons (Fsp3) is 0.346. The van der Waals surface area contributed by atoms with Crippen LogP contribution in [0.2, 0.25) is 5.02 Å². The number of nitrogens with two attached hydrogens (primary N) is 1. The average molecular weight is 516 g/mol. The van der Waals surface area contributed by atoms with Gasteiger partial charge in [0, 0.05) is 23.2 Å². The van der Waals surface area contributed by atoms with Crippen LogP contribution in [0.5, 0.6) is 5.88 Å². The first-order valence-corrected chi connectivity index (χ1v) is 12.2. The number of hydrogen-bond acceptors (Lipinski definition) is 6. The van der Waals surface area contributed by atoms with Gasteiger partial charge in [-0.1, -0.05) is 23.7 Å². The van der Waals surface area contributed by atoms with E-state index in [1.165, 1.54) is 26.0 Å². The normalized spacial score (nSPS) is 14.6. The number of aromatic nitrogens is 2. The molecule has 1 saturated heterocycles. The van der Waals surface area contributed by atoms with E-state index in [1.807, 2.05) is 0 Å². The quantitative estimate of drug-likeness (QED) is 0.307. The van der Waals surface area contributed by atoms with Gasteiger partial charge in [0.05, 0.1) is 11.2 Å². The summed E-state index contributed by atoms with van der Waals surface area (Å²) < 4.78 is 33.8. The molecule has 190 valence electrons. The molecule has 0 saturated carbocycles. The van der Waals surface area contributed by atoms with Crippen molar-refractivity contribution < 1.29 is 18.3 Å². The van der Waals surface area contributed by atoms with E-state index >= 15 is 0 Å². The number of anilines is 1. The molecule has 4 rings (SSSR count). The third-order valence-electron chi connectivity index (χ3n) is 6.10. The molecule has 1 fully saturated rings. The van der Waals surface area contributed by atoms with Crippen LogP contribution in [0.4, 0.5) is 14.6 Å². The summed E-state index contributed by atoms with van der Waals surface area (Å²) in [7, 11) is 0. The van der Waals surface area contributed by atoms with Gasteiger partial charge < -0.3 is 20.7 Å². The molecule has 1 aliphatic heterocycles. The molecule has 1 amide bonds. The average Bonchev–Trinajstić information content (AvgIpc) is 3.39. The number of carbonyl (C=O) groups excluding carboxylic acids is 1. The maximum absolute atomic E-state index is 14.3. The summed E-state index contributed by atoms with van der Waals surface area (Å²) >= 11 is 5.95. The smallest absolute Gasteiger partial charge is 0.251 e. The van der Waals surface area contributed by atoms with Crippen molar-refractivity contribution in [1.29, 1.82) is 0 Å². The summed E-state index contributed by atoms with van der Waals surface area (Å²) in [5.74, 6) is -1.46. The van der Waals surface area contributed by atoms with Gasteiger partial charge >= 0.3 is 0 Å². The Balaban J connectivity index is 1.45. The van der Waals surface area contributed by atoms with E-state index in [4.69, 9.17) is 22.1 Å². The van der Waals surface area contributed by atoms with Crippen LogP contribution in [0, 0.1) is 11.6 Å². The molecule has 0 spiro atoms. The van der Waals surface area contributed by atoms with Crippen LogP contribution in [-0.4, -0.2) is 47.0 Å². The highest BCUT2D eigenvalue weighted by atomic mass is 35.5. The third kappa shape index (κ3) is 6.09. The van der Waals surface area contributed by atoms with Gasteiger partial charge in [-0.25, -0.2) is 18.7 Å². The number of rotatable bonds is 9. The van der Waals surface area contributed by atoms with Crippen molar-refractivity contribution in [3.63, 3.8) is 0 Å². The Morgan fingerprint density at radius 2 is 1.97 bits per heavy atom. The van der Waals surface area contributed by atoms with Crippen molar-refractivity contribution >= 4 is 23.3 Å². The Hall–Kier alpha value is -3.30. The number of carbonyl (C=O) groups is 1. The lowest BCUT2D eigenvalue weighted by molar-refractivity contribution is 0.0952. The molecule has 36 heavy (non-hydrogen) atoms. The SMILES string of the molecule is CC(Oc1cnc(N)c(-c2cccc(C(=O)NCCCN3CCCC3)c2)n1)c1c(F)ccc(F)c1Cl. The van der Waals surface area contributed by atoms with Crippen LogP contribution < -0.4 is 15.8 Å². The van der Waals surface area contributed by atoms with Crippen LogP contribution in [-0.2, 0) is 0 Å². The van der Waals surface area contributed by atoms with E-state index in [-0.39, 0.29) is 28.2 Å². The number of nitrogens with zero attached hydrogens (tertiary/aromatic N) is 3. The monoisotopic (exact) mass is 515 g/mol. The maximum Gasteiger partial charge on any atom is 0.251 e. The van der Waals surface area contributed by atoms with Gasteiger partial charge in [-0.2, -0.15) is 0 Å². The number of likely N-dealkylation sites (tertiary alicyclic amines) is 1. The summed E-state index contributed by atoms with van der Waals surface area (Å²) in [6, 6.07) is 8.80. The van der Waals surface area contributed by atoms with Crippen molar-refractivity contribution in [3.05, 3.63) is 70.4 Å². The second-order valence-electron chi connectivity index (χ2n) is 8.70. The lowest BCUT2D eigenvalue weighted by atomic mass is 10.1. The second kappa shape index (κ2) is 11.6. The summed E-state index contributed by atoms with van der Waals surface area (Å²) in [4.78, 5) is 23.6. The summed E-state index contributed by atoms with van der Waals surface area (Å²) in [6.07, 6.45) is 3.71. The van der Waals surface area contributed by atoms with Gasteiger partial charge in [0.25, 0.3) is 5.91 Å². The summed E-state index contributed by atoms with van der Waals surface area (Å²) in [5, 5.41) is 2.59. The molecule has 2 heterocycles. The summed E-state index contributed by atoms with van der Waals surface area (Å²) in [6.45, 7) is 5.34. The minimum atomic E-state index is -0.948. The second-order valence-corrected chi connectivity index (χ2v) is 9.08. The standard InChI is InChI=1S/C26H28ClF2N5O2/c1-16(22-19(28)8-9-20(29)23(22)27)36-21-15-32-25(30)24(33-21)17-6-4-7-18(14-17)26(35)31-10-5-13-34-11-2-3-12-34/h4,6-9,14-16H,2-3,5,10-13H2,1H3,(H2,30,32)(H,31,35). The molecule has 3 aromatic rings. The fourth-order valence-electron chi connectivity index (χ4n) is 4.23. The zero-order chi connectivity index (χ0) is 25.7. The van der Waals surface area contributed by atoms with Crippen molar-refractivity contribution in [2.75, 3.05) is 31.9 Å². The van der Waals surface area contributed by atoms with Gasteiger partial charge in [-0.15, -0.1) is 0 Å². The van der Waals surface area contributed by atoms with E-state index < -0.39 is 17.7 Å². The molecule has 1 aliphatic rings. The highest BCUT2D eigenvalue weighted by Crippen LogP contribution is 2.32. The van der Waals surface area contributed by atoms with Crippen LogP contribution in [0.25, 0.3) is 11.3 Å². The van der Waals surface area contributed by atoms with Crippen LogP contribution in [0.3, 0.4) is 0 Å². The first kappa shape index (κ1) is 25.8. The molecule has 1 aromatic heterocycles. The van der Waals surface area contributed by atoms with E-state index in [0.717, 1.165) is 38.2 Å². The molecule has 0 radical (unpaired) electrons.